The molecule has 0 unspecified atom stereocenters. The molecule has 0 atom stereocenters. The zero-order valence-corrected chi connectivity index (χ0v) is 10.3. The molecule has 3 aromatic carbocycles. The van der Waals surface area contributed by atoms with E-state index >= 15 is 0 Å². The van der Waals surface area contributed by atoms with Gasteiger partial charge in [0.05, 0.1) is 0 Å². The Hall–Kier alpha value is -1.82. The first-order valence-corrected chi connectivity index (χ1v) is 6.18. The van der Waals surface area contributed by atoms with Gasteiger partial charge in [-0.1, -0.05) is 68.4 Å². The minimum Gasteiger partial charge on any atom is -0.0616 e. The third kappa shape index (κ3) is 1.61. The molecular weight excluding hydrogens is 204 g/mol. The largest absolute Gasteiger partial charge is 0.0616 e. The molecule has 0 nitrogen and oxygen atoms in total. The van der Waals surface area contributed by atoms with E-state index in [1.165, 1.54) is 27.1 Å². The average Bonchev–Trinajstić information content (AvgIpc) is 2.37. The molecule has 0 aliphatic heterocycles. The molecule has 0 bridgehead atoms. The van der Waals surface area contributed by atoms with Gasteiger partial charge < -0.3 is 0 Å². The zero-order valence-electron chi connectivity index (χ0n) is 10.3. The molecule has 0 fully saturated rings. The number of hydrogen-bond donors (Lipinski definition) is 0. The van der Waals surface area contributed by atoms with E-state index < -0.39 is 0 Å². The fraction of sp³-hybridized carbons (Fsp3) is 0.176. The Labute approximate surface area is 102 Å². The second kappa shape index (κ2) is 3.89. The third-order valence-corrected chi connectivity index (χ3v) is 3.42. The highest BCUT2D eigenvalue weighted by atomic mass is 14.1. The van der Waals surface area contributed by atoms with E-state index in [-0.39, 0.29) is 0 Å². The van der Waals surface area contributed by atoms with Crippen molar-refractivity contribution in [2.75, 3.05) is 0 Å². The van der Waals surface area contributed by atoms with Crippen LogP contribution in [0.4, 0.5) is 0 Å². The summed E-state index contributed by atoms with van der Waals surface area (Å²) in [6, 6.07) is 19.7. The summed E-state index contributed by atoms with van der Waals surface area (Å²) in [5.74, 6) is 0.560. The maximum Gasteiger partial charge on any atom is -0.00707 e. The topological polar surface area (TPSA) is 0 Å². The van der Waals surface area contributed by atoms with Crippen LogP contribution in [0.3, 0.4) is 0 Å². The Morgan fingerprint density at radius 3 is 2.24 bits per heavy atom. The lowest BCUT2D eigenvalue weighted by molar-refractivity contribution is 0.877. The normalized spacial score (nSPS) is 11.5. The molecule has 0 saturated carbocycles. The lowest BCUT2D eigenvalue weighted by Gasteiger charge is -2.12. The number of benzene rings is 3. The average molecular weight is 220 g/mol. The summed E-state index contributed by atoms with van der Waals surface area (Å²) in [5.41, 5.74) is 1.44. The van der Waals surface area contributed by atoms with Crippen LogP contribution in [-0.2, 0) is 0 Å². The smallest absolute Gasteiger partial charge is 0.00707 e. The molecule has 0 aliphatic rings. The first-order chi connectivity index (χ1) is 8.27. The predicted octanol–water partition coefficient (Wildman–Crippen LogP) is 5.12. The van der Waals surface area contributed by atoms with Crippen molar-refractivity contribution in [3.05, 3.63) is 60.2 Å². The number of fused-ring (bicyclic) bond motifs is 3. The zero-order chi connectivity index (χ0) is 11.8. The summed E-state index contributed by atoms with van der Waals surface area (Å²) >= 11 is 0. The van der Waals surface area contributed by atoms with Gasteiger partial charge in [-0.2, -0.15) is 0 Å². The molecule has 0 heteroatoms. The molecule has 0 spiro atoms. The second-order valence-electron chi connectivity index (χ2n) is 4.89. The van der Waals surface area contributed by atoms with Crippen molar-refractivity contribution in [3.63, 3.8) is 0 Å². The SMILES string of the molecule is CC(C)c1cccc2ccc3ccccc3c12. The van der Waals surface area contributed by atoms with Gasteiger partial charge in [0.25, 0.3) is 0 Å². The Bertz CT molecular complexity index is 678. The molecular formula is C17H16. The van der Waals surface area contributed by atoms with E-state index in [2.05, 4.69) is 68.4 Å². The first-order valence-electron chi connectivity index (χ1n) is 6.18. The Morgan fingerprint density at radius 2 is 1.41 bits per heavy atom. The van der Waals surface area contributed by atoms with E-state index in [1.54, 1.807) is 0 Å². The van der Waals surface area contributed by atoms with Crippen LogP contribution in [0, 0.1) is 0 Å². The van der Waals surface area contributed by atoms with Crippen molar-refractivity contribution >= 4 is 21.5 Å². The van der Waals surface area contributed by atoms with Gasteiger partial charge in [0.15, 0.2) is 0 Å². The molecule has 84 valence electrons. The van der Waals surface area contributed by atoms with Crippen molar-refractivity contribution < 1.29 is 0 Å². The van der Waals surface area contributed by atoms with E-state index in [1.807, 2.05) is 0 Å². The van der Waals surface area contributed by atoms with E-state index in [4.69, 9.17) is 0 Å². The molecule has 0 heterocycles. The Morgan fingerprint density at radius 1 is 0.706 bits per heavy atom. The molecule has 0 aromatic heterocycles. The maximum absolute atomic E-state index is 2.26. The molecule has 0 N–H and O–H groups in total. The lowest BCUT2D eigenvalue weighted by atomic mass is 9.92. The van der Waals surface area contributed by atoms with E-state index in [9.17, 15) is 0 Å². The monoisotopic (exact) mass is 220 g/mol. The van der Waals surface area contributed by atoms with Crippen molar-refractivity contribution in [3.8, 4) is 0 Å². The van der Waals surface area contributed by atoms with Crippen molar-refractivity contribution in [2.45, 2.75) is 19.8 Å². The fourth-order valence-electron chi connectivity index (χ4n) is 2.57. The van der Waals surface area contributed by atoms with Crippen LogP contribution < -0.4 is 0 Å². The van der Waals surface area contributed by atoms with Gasteiger partial charge in [0.1, 0.15) is 0 Å². The third-order valence-electron chi connectivity index (χ3n) is 3.42. The number of hydrogen-bond acceptors (Lipinski definition) is 0. The standard InChI is InChI=1S/C17H16/c1-12(2)15-9-5-7-14-11-10-13-6-3-4-8-16(13)17(14)15/h3-12H,1-2H3. The molecule has 0 aliphatic carbocycles. The summed E-state index contributed by atoms with van der Waals surface area (Å²) < 4.78 is 0. The summed E-state index contributed by atoms with van der Waals surface area (Å²) in [7, 11) is 0. The van der Waals surface area contributed by atoms with Gasteiger partial charge in [0.2, 0.25) is 0 Å². The molecule has 0 saturated heterocycles. The molecule has 0 radical (unpaired) electrons. The van der Waals surface area contributed by atoms with Gasteiger partial charge in [-0.3, -0.25) is 0 Å². The summed E-state index contributed by atoms with van der Waals surface area (Å²) in [6.45, 7) is 4.52. The molecule has 17 heavy (non-hydrogen) atoms. The van der Waals surface area contributed by atoms with Crippen molar-refractivity contribution in [1.82, 2.24) is 0 Å². The van der Waals surface area contributed by atoms with Crippen molar-refractivity contribution in [2.24, 2.45) is 0 Å². The highest BCUT2D eigenvalue weighted by Crippen LogP contribution is 2.31. The van der Waals surface area contributed by atoms with E-state index in [0.717, 1.165) is 0 Å². The Balaban J connectivity index is 2.54. The highest BCUT2D eigenvalue weighted by molar-refractivity contribution is 6.09. The summed E-state index contributed by atoms with van der Waals surface area (Å²) in [4.78, 5) is 0. The van der Waals surface area contributed by atoms with Crippen LogP contribution >= 0.6 is 0 Å². The van der Waals surface area contributed by atoms with E-state index in [0.29, 0.717) is 5.92 Å². The van der Waals surface area contributed by atoms with Gasteiger partial charge in [-0.05, 0) is 33.0 Å². The lowest BCUT2D eigenvalue weighted by Crippen LogP contribution is -1.90. The molecule has 3 rings (SSSR count). The maximum atomic E-state index is 2.26. The number of rotatable bonds is 1. The van der Waals surface area contributed by atoms with Crippen LogP contribution in [-0.4, -0.2) is 0 Å². The quantitative estimate of drug-likeness (QED) is 0.499. The summed E-state index contributed by atoms with van der Waals surface area (Å²) in [6.07, 6.45) is 0. The van der Waals surface area contributed by atoms with Gasteiger partial charge in [0, 0.05) is 0 Å². The van der Waals surface area contributed by atoms with Crippen LogP contribution in [0.25, 0.3) is 21.5 Å². The second-order valence-corrected chi connectivity index (χ2v) is 4.89. The predicted molar refractivity (Wildman–Crippen MR) is 75.5 cm³/mol. The van der Waals surface area contributed by atoms with Gasteiger partial charge in [-0.25, -0.2) is 0 Å². The Kier molecular flexibility index (Phi) is 2.36. The molecule has 3 aromatic rings. The van der Waals surface area contributed by atoms with Crippen LogP contribution in [0.15, 0.2) is 54.6 Å². The van der Waals surface area contributed by atoms with Crippen LogP contribution in [0.2, 0.25) is 0 Å². The fourth-order valence-corrected chi connectivity index (χ4v) is 2.57. The first kappa shape index (κ1) is 10.3. The van der Waals surface area contributed by atoms with Crippen molar-refractivity contribution in [1.29, 1.82) is 0 Å². The van der Waals surface area contributed by atoms with Crippen LogP contribution in [0.1, 0.15) is 25.3 Å². The van der Waals surface area contributed by atoms with Gasteiger partial charge in [-0.15, -0.1) is 0 Å². The van der Waals surface area contributed by atoms with Crippen LogP contribution in [0.5, 0.6) is 0 Å². The molecule has 0 amide bonds. The van der Waals surface area contributed by atoms with Gasteiger partial charge >= 0.3 is 0 Å². The minimum atomic E-state index is 0.560. The highest BCUT2D eigenvalue weighted by Gasteiger charge is 2.07. The minimum absolute atomic E-state index is 0.560. The summed E-state index contributed by atoms with van der Waals surface area (Å²) in [5, 5.41) is 5.46.